The van der Waals surface area contributed by atoms with Gasteiger partial charge in [0.05, 0.1) is 6.20 Å². The predicted molar refractivity (Wildman–Crippen MR) is 66.5 cm³/mol. The second-order valence-corrected chi connectivity index (χ2v) is 4.69. The van der Waals surface area contributed by atoms with Crippen molar-refractivity contribution in [2.45, 2.75) is 58.5 Å². The van der Waals surface area contributed by atoms with Crippen LogP contribution in [0.3, 0.4) is 0 Å². The molecule has 1 saturated carbocycles. The number of unbranched alkanes of at least 4 members (excludes halogenated alkanes) is 1. The summed E-state index contributed by atoms with van der Waals surface area (Å²) in [6, 6.07) is 0. The van der Waals surface area contributed by atoms with E-state index in [-0.39, 0.29) is 0 Å². The molecule has 1 aliphatic rings. The zero-order valence-corrected chi connectivity index (χ0v) is 10.5. The highest BCUT2D eigenvalue weighted by molar-refractivity contribution is 5.25. The second-order valence-electron chi connectivity index (χ2n) is 4.69. The van der Waals surface area contributed by atoms with Gasteiger partial charge >= 0.3 is 0 Å². The molecule has 0 radical (unpaired) electrons. The summed E-state index contributed by atoms with van der Waals surface area (Å²) in [5.41, 5.74) is 2.93. The average molecular weight is 221 g/mol. The third-order valence-corrected chi connectivity index (χ3v) is 3.21. The summed E-state index contributed by atoms with van der Waals surface area (Å²) in [6.07, 6.45) is 7.26. The van der Waals surface area contributed by atoms with Crippen LogP contribution in [0.4, 0.5) is 0 Å². The van der Waals surface area contributed by atoms with Crippen LogP contribution >= 0.6 is 0 Å². The first-order valence-corrected chi connectivity index (χ1v) is 6.62. The fraction of sp³-hybridized carbons (Fsp3) is 0.769. The Morgan fingerprint density at radius 3 is 2.88 bits per heavy atom. The molecule has 0 bridgehead atoms. The Hall–Kier alpha value is -0.830. The summed E-state index contributed by atoms with van der Waals surface area (Å²) in [4.78, 5) is 0. The fourth-order valence-corrected chi connectivity index (χ4v) is 2.15. The van der Waals surface area contributed by atoms with E-state index in [0.29, 0.717) is 0 Å². The Morgan fingerprint density at radius 2 is 2.25 bits per heavy atom. The molecule has 0 aromatic carbocycles. The Labute approximate surface area is 98.2 Å². The van der Waals surface area contributed by atoms with Gasteiger partial charge in [-0.2, -0.15) is 5.10 Å². The molecule has 0 unspecified atom stereocenters. The van der Waals surface area contributed by atoms with Crippen molar-refractivity contribution in [1.82, 2.24) is 15.1 Å². The first kappa shape index (κ1) is 11.6. The normalized spacial score (nSPS) is 15.6. The maximum Gasteiger partial charge on any atom is 0.0537 e. The van der Waals surface area contributed by atoms with Crippen LogP contribution in [0.2, 0.25) is 0 Å². The summed E-state index contributed by atoms with van der Waals surface area (Å²) in [7, 11) is 0. The maximum absolute atomic E-state index is 4.54. The molecule has 0 aliphatic heterocycles. The van der Waals surface area contributed by atoms with Crippen LogP contribution < -0.4 is 5.32 Å². The van der Waals surface area contributed by atoms with E-state index in [2.05, 4.69) is 35.1 Å². The van der Waals surface area contributed by atoms with Crippen LogP contribution in [0.5, 0.6) is 0 Å². The minimum Gasteiger partial charge on any atom is -0.313 e. The van der Waals surface area contributed by atoms with E-state index in [9.17, 15) is 0 Å². The van der Waals surface area contributed by atoms with Gasteiger partial charge in [-0.05, 0) is 25.8 Å². The number of aryl methyl sites for hydroxylation is 1. The first-order chi connectivity index (χ1) is 7.86. The Balaban J connectivity index is 2.08. The van der Waals surface area contributed by atoms with Gasteiger partial charge < -0.3 is 5.32 Å². The monoisotopic (exact) mass is 221 g/mol. The van der Waals surface area contributed by atoms with Crippen molar-refractivity contribution in [3.05, 3.63) is 17.5 Å². The molecule has 1 heterocycles. The van der Waals surface area contributed by atoms with Gasteiger partial charge in [-0.15, -0.1) is 0 Å². The Bertz CT molecular complexity index is 300. The summed E-state index contributed by atoms with van der Waals surface area (Å²) >= 11 is 0. The van der Waals surface area contributed by atoms with Crippen LogP contribution in [0.25, 0.3) is 0 Å². The number of hydrogen-bond donors (Lipinski definition) is 1. The minimum absolute atomic E-state index is 0.799. The molecule has 1 aromatic rings. The standard InChI is InChI=1S/C13H23N3/c1-3-5-8-16-13(11-6-7-11)12(10-15-16)9-14-4-2/h10-11,14H,3-9H2,1-2H3. The molecule has 2 rings (SSSR count). The molecule has 0 spiro atoms. The first-order valence-electron chi connectivity index (χ1n) is 6.62. The molecule has 90 valence electrons. The van der Waals surface area contributed by atoms with E-state index in [1.807, 2.05) is 0 Å². The van der Waals surface area contributed by atoms with E-state index in [1.54, 1.807) is 0 Å². The Kier molecular flexibility index (Phi) is 3.99. The SMILES string of the molecule is CCCCn1ncc(CNCC)c1C1CC1. The molecule has 1 N–H and O–H groups in total. The van der Waals surface area contributed by atoms with Gasteiger partial charge in [-0.1, -0.05) is 20.3 Å². The van der Waals surface area contributed by atoms with Gasteiger partial charge in [0.15, 0.2) is 0 Å². The van der Waals surface area contributed by atoms with Crippen molar-refractivity contribution < 1.29 is 0 Å². The molecule has 1 aromatic heterocycles. The van der Waals surface area contributed by atoms with E-state index < -0.39 is 0 Å². The van der Waals surface area contributed by atoms with E-state index in [1.165, 1.54) is 36.9 Å². The quantitative estimate of drug-likeness (QED) is 0.767. The minimum atomic E-state index is 0.799. The summed E-state index contributed by atoms with van der Waals surface area (Å²) in [6.45, 7) is 7.49. The number of aromatic nitrogens is 2. The van der Waals surface area contributed by atoms with Crippen molar-refractivity contribution in [3.8, 4) is 0 Å². The molecule has 0 saturated heterocycles. The molecule has 3 heteroatoms. The van der Waals surface area contributed by atoms with Crippen LogP contribution in [-0.2, 0) is 13.1 Å². The van der Waals surface area contributed by atoms with E-state index >= 15 is 0 Å². The van der Waals surface area contributed by atoms with Crippen LogP contribution in [0, 0.1) is 0 Å². The molecule has 1 fully saturated rings. The smallest absolute Gasteiger partial charge is 0.0537 e. The van der Waals surface area contributed by atoms with Gasteiger partial charge in [-0.25, -0.2) is 0 Å². The number of nitrogens with zero attached hydrogens (tertiary/aromatic N) is 2. The lowest BCUT2D eigenvalue weighted by molar-refractivity contribution is 0.547. The summed E-state index contributed by atoms with van der Waals surface area (Å²) < 4.78 is 2.24. The number of nitrogens with one attached hydrogen (secondary N) is 1. The van der Waals surface area contributed by atoms with Crippen molar-refractivity contribution in [3.63, 3.8) is 0 Å². The highest BCUT2D eigenvalue weighted by Crippen LogP contribution is 2.41. The van der Waals surface area contributed by atoms with Crippen molar-refractivity contribution >= 4 is 0 Å². The third-order valence-electron chi connectivity index (χ3n) is 3.21. The third kappa shape index (κ3) is 2.64. The van der Waals surface area contributed by atoms with Crippen LogP contribution in [-0.4, -0.2) is 16.3 Å². The van der Waals surface area contributed by atoms with Gasteiger partial charge in [-0.3, -0.25) is 4.68 Å². The van der Waals surface area contributed by atoms with Crippen molar-refractivity contribution in [2.24, 2.45) is 0 Å². The Morgan fingerprint density at radius 1 is 1.44 bits per heavy atom. The molecular weight excluding hydrogens is 198 g/mol. The van der Waals surface area contributed by atoms with E-state index in [4.69, 9.17) is 0 Å². The summed E-state index contributed by atoms with van der Waals surface area (Å²) in [5, 5.41) is 7.95. The fourth-order valence-electron chi connectivity index (χ4n) is 2.15. The largest absolute Gasteiger partial charge is 0.313 e. The summed E-state index contributed by atoms with van der Waals surface area (Å²) in [5.74, 6) is 0.799. The lowest BCUT2D eigenvalue weighted by atomic mass is 10.1. The van der Waals surface area contributed by atoms with Crippen LogP contribution in [0.1, 0.15) is 56.7 Å². The number of hydrogen-bond acceptors (Lipinski definition) is 2. The second kappa shape index (κ2) is 5.48. The highest BCUT2D eigenvalue weighted by atomic mass is 15.3. The molecule has 0 atom stereocenters. The molecule has 1 aliphatic carbocycles. The predicted octanol–water partition coefficient (Wildman–Crippen LogP) is 2.67. The molecular formula is C13H23N3. The van der Waals surface area contributed by atoms with Gasteiger partial charge in [0.25, 0.3) is 0 Å². The molecule has 3 nitrogen and oxygen atoms in total. The lowest BCUT2D eigenvalue weighted by Gasteiger charge is -2.08. The molecule has 16 heavy (non-hydrogen) atoms. The van der Waals surface area contributed by atoms with Crippen LogP contribution in [0.15, 0.2) is 6.20 Å². The van der Waals surface area contributed by atoms with Crippen molar-refractivity contribution in [2.75, 3.05) is 6.54 Å². The molecule has 0 amide bonds. The van der Waals surface area contributed by atoms with Crippen molar-refractivity contribution in [1.29, 1.82) is 0 Å². The van der Waals surface area contributed by atoms with E-state index in [0.717, 1.165) is 25.6 Å². The zero-order valence-electron chi connectivity index (χ0n) is 10.5. The van der Waals surface area contributed by atoms with Gasteiger partial charge in [0.1, 0.15) is 0 Å². The highest BCUT2D eigenvalue weighted by Gasteiger charge is 2.29. The zero-order chi connectivity index (χ0) is 11.4. The lowest BCUT2D eigenvalue weighted by Crippen LogP contribution is -2.13. The maximum atomic E-state index is 4.54. The number of rotatable bonds is 7. The van der Waals surface area contributed by atoms with Gasteiger partial charge in [0.2, 0.25) is 0 Å². The van der Waals surface area contributed by atoms with Gasteiger partial charge in [0, 0.05) is 30.3 Å². The average Bonchev–Trinajstić information content (AvgIpc) is 3.06. The topological polar surface area (TPSA) is 29.9 Å².